The Balaban J connectivity index is 1.54. The lowest BCUT2D eigenvalue weighted by atomic mass is 10.00. The Morgan fingerprint density at radius 3 is 2.51 bits per heavy atom. The number of halogens is 4. The van der Waals surface area contributed by atoms with E-state index in [1.165, 1.54) is 20.3 Å². The SMILES string of the molecule is COCCN(CCOc1ccn2c(-c3cc(OC)c(C(=O)CC4CC4)c(OC(F)F)c3)cnc2c1)CC(F)F. The van der Waals surface area contributed by atoms with Gasteiger partial charge in [0, 0.05) is 44.4 Å². The Bertz CT molecular complexity index is 1270. The lowest BCUT2D eigenvalue weighted by Gasteiger charge is -2.21. The molecule has 0 aliphatic heterocycles. The summed E-state index contributed by atoms with van der Waals surface area (Å²) in [7, 11) is 2.88. The molecule has 0 atom stereocenters. The molecule has 1 fully saturated rings. The molecule has 39 heavy (non-hydrogen) atoms. The van der Waals surface area contributed by atoms with Gasteiger partial charge in [0.15, 0.2) is 5.78 Å². The van der Waals surface area contributed by atoms with Crippen molar-refractivity contribution in [1.29, 1.82) is 0 Å². The van der Waals surface area contributed by atoms with Gasteiger partial charge in [0.1, 0.15) is 35.1 Å². The van der Waals surface area contributed by atoms with Gasteiger partial charge >= 0.3 is 6.61 Å². The fourth-order valence-corrected chi connectivity index (χ4v) is 4.32. The second-order valence-electron chi connectivity index (χ2n) is 9.27. The first-order chi connectivity index (χ1) is 18.8. The molecule has 1 aliphatic rings. The van der Waals surface area contributed by atoms with Crippen LogP contribution in [0.3, 0.4) is 0 Å². The number of aromatic nitrogens is 2. The molecule has 212 valence electrons. The summed E-state index contributed by atoms with van der Waals surface area (Å²) in [5, 5.41) is 0. The van der Waals surface area contributed by atoms with Crippen LogP contribution in [0.2, 0.25) is 0 Å². The minimum absolute atomic E-state index is 0.00402. The van der Waals surface area contributed by atoms with E-state index in [4.69, 9.17) is 18.9 Å². The molecule has 8 nitrogen and oxygen atoms in total. The molecule has 1 aromatic carbocycles. The average molecular weight is 554 g/mol. The van der Waals surface area contributed by atoms with E-state index in [-0.39, 0.29) is 54.9 Å². The van der Waals surface area contributed by atoms with E-state index in [0.29, 0.717) is 35.8 Å². The monoisotopic (exact) mass is 553 g/mol. The molecule has 0 N–H and O–H groups in total. The number of pyridine rings is 1. The van der Waals surface area contributed by atoms with Gasteiger partial charge in [-0.3, -0.25) is 14.1 Å². The Kier molecular flexibility index (Phi) is 9.63. The number of carbonyl (C=O) groups is 1. The number of Topliss-reactive ketones (excluding diaryl/α,β-unsaturated/α-hetero) is 1. The molecule has 4 rings (SSSR count). The molecule has 1 saturated carbocycles. The normalized spacial score (nSPS) is 13.6. The molecular weight excluding hydrogens is 522 g/mol. The van der Waals surface area contributed by atoms with Gasteiger partial charge in [-0.25, -0.2) is 13.8 Å². The van der Waals surface area contributed by atoms with Crippen molar-refractivity contribution < 1.29 is 41.3 Å². The summed E-state index contributed by atoms with van der Waals surface area (Å²) in [5.74, 6) is 0.344. The zero-order valence-electron chi connectivity index (χ0n) is 21.7. The highest BCUT2D eigenvalue weighted by Crippen LogP contribution is 2.40. The van der Waals surface area contributed by atoms with E-state index in [0.717, 1.165) is 12.8 Å². The van der Waals surface area contributed by atoms with Crippen molar-refractivity contribution >= 4 is 11.4 Å². The maximum absolute atomic E-state index is 13.3. The number of ether oxygens (including phenoxy) is 4. The Hall–Kier alpha value is -3.38. The van der Waals surface area contributed by atoms with E-state index in [2.05, 4.69) is 4.98 Å². The molecule has 0 bridgehead atoms. The van der Waals surface area contributed by atoms with Crippen LogP contribution < -0.4 is 14.2 Å². The number of hydrogen-bond acceptors (Lipinski definition) is 7. The van der Waals surface area contributed by atoms with Crippen LogP contribution in [0.1, 0.15) is 29.6 Å². The van der Waals surface area contributed by atoms with Crippen molar-refractivity contribution in [2.75, 3.05) is 47.1 Å². The van der Waals surface area contributed by atoms with Crippen LogP contribution in [0.25, 0.3) is 16.9 Å². The number of nitrogens with zero attached hydrogens (tertiary/aromatic N) is 3. The van der Waals surface area contributed by atoms with Gasteiger partial charge in [-0.2, -0.15) is 8.78 Å². The first kappa shape index (κ1) is 28.6. The predicted octanol–water partition coefficient (Wildman–Crippen LogP) is 5.19. The zero-order valence-corrected chi connectivity index (χ0v) is 21.7. The van der Waals surface area contributed by atoms with Crippen LogP contribution in [-0.4, -0.2) is 80.2 Å². The number of ketones is 1. The Morgan fingerprint density at radius 1 is 1.10 bits per heavy atom. The molecular formula is C27H31F4N3O5. The highest BCUT2D eigenvalue weighted by atomic mass is 19.3. The van der Waals surface area contributed by atoms with Gasteiger partial charge in [0.25, 0.3) is 6.43 Å². The third-order valence-corrected chi connectivity index (χ3v) is 6.42. The number of methoxy groups -OCH3 is 2. The third-order valence-electron chi connectivity index (χ3n) is 6.42. The number of benzene rings is 1. The molecule has 2 aromatic heterocycles. The van der Waals surface area contributed by atoms with Crippen molar-refractivity contribution in [1.82, 2.24) is 14.3 Å². The number of alkyl halides is 4. The smallest absolute Gasteiger partial charge is 0.387 e. The number of carbonyl (C=O) groups excluding carboxylic acids is 1. The van der Waals surface area contributed by atoms with Crippen LogP contribution in [0.5, 0.6) is 17.2 Å². The maximum atomic E-state index is 13.3. The van der Waals surface area contributed by atoms with Crippen molar-refractivity contribution in [3.63, 3.8) is 0 Å². The standard InChI is InChI=1S/C27H31F4N3O5/c1-36-9-7-33(16-24(28)29)8-10-38-19-5-6-34-20(15-32-25(34)14-19)18-12-22(37-2)26(21(35)11-17-3-4-17)23(13-18)39-27(30)31/h5-6,12-15,17,24,27H,3-4,7-11,16H2,1-2H3. The summed E-state index contributed by atoms with van der Waals surface area (Å²) in [4.78, 5) is 18.8. The fraction of sp³-hybridized carbons (Fsp3) is 0.481. The largest absolute Gasteiger partial charge is 0.496 e. The number of rotatable bonds is 16. The lowest BCUT2D eigenvalue weighted by Crippen LogP contribution is -2.35. The summed E-state index contributed by atoms with van der Waals surface area (Å²) in [6, 6.07) is 6.35. The molecule has 1 aliphatic carbocycles. The molecule has 12 heteroatoms. The molecule has 2 heterocycles. The molecule has 0 unspecified atom stereocenters. The molecule has 0 saturated heterocycles. The van der Waals surface area contributed by atoms with E-state index >= 15 is 0 Å². The van der Waals surface area contributed by atoms with Gasteiger partial charge in [-0.15, -0.1) is 0 Å². The molecule has 3 aromatic rings. The first-order valence-electron chi connectivity index (χ1n) is 12.6. The van der Waals surface area contributed by atoms with Crippen LogP contribution in [-0.2, 0) is 4.74 Å². The highest BCUT2D eigenvalue weighted by molar-refractivity contribution is 6.02. The number of imidazole rings is 1. The highest BCUT2D eigenvalue weighted by Gasteiger charge is 2.30. The van der Waals surface area contributed by atoms with E-state index in [9.17, 15) is 22.4 Å². The molecule has 0 radical (unpaired) electrons. The van der Waals surface area contributed by atoms with Crippen molar-refractivity contribution in [2.45, 2.75) is 32.3 Å². The molecule has 0 amide bonds. The predicted molar refractivity (Wildman–Crippen MR) is 135 cm³/mol. The second kappa shape index (κ2) is 13.1. The third kappa shape index (κ3) is 7.60. The topological polar surface area (TPSA) is 74.5 Å². The Labute approximate surface area is 223 Å². The fourth-order valence-electron chi connectivity index (χ4n) is 4.32. The van der Waals surface area contributed by atoms with Crippen molar-refractivity contribution in [3.8, 4) is 28.5 Å². The van der Waals surface area contributed by atoms with Crippen LogP contribution in [0.4, 0.5) is 17.6 Å². The lowest BCUT2D eigenvalue weighted by molar-refractivity contribution is -0.0502. The number of hydrogen-bond donors (Lipinski definition) is 0. The molecule has 0 spiro atoms. The average Bonchev–Trinajstić information content (AvgIpc) is 3.60. The summed E-state index contributed by atoms with van der Waals surface area (Å²) in [5.41, 5.74) is 1.53. The second-order valence-corrected chi connectivity index (χ2v) is 9.27. The number of fused-ring (bicyclic) bond motifs is 1. The summed E-state index contributed by atoms with van der Waals surface area (Å²) >= 11 is 0. The van der Waals surface area contributed by atoms with Crippen molar-refractivity contribution in [3.05, 3.63) is 42.2 Å². The minimum atomic E-state index is -3.12. The Morgan fingerprint density at radius 2 is 1.85 bits per heavy atom. The first-order valence-corrected chi connectivity index (χ1v) is 12.6. The quantitative estimate of drug-likeness (QED) is 0.179. The van der Waals surface area contributed by atoms with E-state index < -0.39 is 13.0 Å². The zero-order chi connectivity index (χ0) is 27.9. The van der Waals surface area contributed by atoms with Gasteiger partial charge in [0.05, 0.1) is 32.2 Å². The van der Waals surface area contributed by atoms with Gasteiger partial charge in [-0.05, 0) is 37.0 Å². The van der Waals surface area contributed by atoms with Crippen molar-refractivity contribution in [2.24, 2.45) is 5.92 Å². The van der Waals surface area contributed by atoms with E-state index in [1.54, 1.807) is 39.9 Å². The maximum Gasteiger partial charge on any atom is 0.387 e. The van der Waals surface area contributed by atoms with Crippen LogP contribution >= 0.6 is 0 Å². The van der Waals surface area contributed by atoms with E-state index in [1.807, 2.05) is 0 Å². The van der Waals surface area contributed by atoms with Crippen LogP contribution in [0, 0.1) is 5.92 Å². The summed E-state index contributed by atoms with van der Waals surface area (Å²) in [6.45, 7) is -2.33. The summed E-state index contributed by atoms with van der Waals surface area (Å²) < 4.78 is 74.8. The minimum Gasteiger partial charge on any atom is -0.496 e. The summed E-state index contributed by atoms with van der Waals surface area (Å²) in [6.07, 6.45) is 2.91. The van der Waals surface area contributed by atoms with Gasteiger partial charge < -0.3 is 18.9 Å². The van der Waals surface area contributed by atoms with Gasteiger partial charge in [-0.1, -0.05) is 0 Å². The van der Waals surface area contributed by atoms with Crippen LogP contribution in [0.15, 0.2) is 36.7 Å². The van der Waals surface area contributed by atoms with Gasteiger partial charge in [0.2, 0.25) is 0 Å².